The third kappa shape index (κ3) is 3.33. The van der Waals surface area contributed by atoms with Gasteiger partial charge in [-0.05, 0) is 36.1 Å². The zero-order chi connectivity index (χ0) is 20.9. The smallest absolute Gasteiger partial charge is 0.171 e. The van der Waals surface area contributed by atoms with Crippen LogP contribution in [0.4, 0.5) is 5.82 Å². The third-order valence-electron chi connectivity index (χ3n) is 5.77. The Morgan fingerprint density at radius 1 is 1.20 bits per heavy atom. The lowest BCUT2D eigenvalue weighted by Gasteiger charge is -2.25. The first-order chi connectivity index (χ1) is 14.5. The molecular formula is C20H28N10. The minimum absolute atomic E-state index is 0.179. The molecule has 2 fully saturated rings. The number of aliphatic imine (C=N–C) groups is 1. The van der Waals surface area contributed by atoms with Gasteiger partial charge in [-0.2, -0.15) is 0 Å². The zero-order valence-corrected chi connectivity index (χ0v) is 18.0. The van der Waals surface area contributed by atoms with E-state index in [1.807, 2.05) is 28.8 Å². The van der Waals surface area contributed by atoms with E-state index in [0.29, 0.717) is 12.6 Å². The number of rotatable bonds is 5. The molecule has 2 aliphatic rings. The predicted octanol–water partition coefficient (Wildman–Crippen LogP) is 2.16. The quantitative estimate of drug-likeness (QED) is 0.596. The molecule has 3 aromatic heterocycles. The van der Waals surface area contributed by atoms with E-state index in [9.17, 15) is 0 Å². The number of hydrogen-bond acceptors (Lipinski definition) is 8. The van der Waals surface area contributed by atoms with Crippen molar-refractivity contribution in [1.29, 1.82) is 0 Å². The molecule has 0 aromatic carbocycles. The Morgan fingerprint density at radius 3 is 2.77 bits per heavy atom. The summed E-state index contributed by atoms with van der Waals surface area (Å²) in [6.07, 6.45) is 8.31. The summed E-state index contributed by atoms with van der Waals surface area (Å²) in [5.41, 5.74) is 1.47. The Kier molecular flexibility index (Phi) is 4.52. The van der Waals surface area contributed by atoms with Gasteiger partial charge >= 0.3 is 0 Å². The largest absolute Gasteiger partial charge is 0.347 e. The number of tetrazole rings is 1. The maximum absolute atomic E-state index is 4.98. The van der Waals surface area contributed by atoms with Crippen LogP contribution in [0.25, 0.3) is 11.2 Å². The zero-order valence-electron chi connectivity index (χ0n) is 18.0. The number of fused-ring (bicyclic) bond motifs is 1. The van der Waals surface area contributed by atoms with Crippen LogP contribution in [0.2, 0.25) is 0 Å². The van der Waals surface area contributed by atoms with Crippen molar-refractivity contribution < 1.29 is 0 Å². The lowest BCUT2D eigenvalue weighted by Crippen LogP contribution is -2.32. The van der Waals surface area contributed by atoms with Gasteiger partial charge < -0.3 is 9.47 Å². The van der Waals surface area contributed by atoms with Gasteiger partial charge in [-0.25, -0.2) is 19.6 Å². The fourth-order valence-corrected chi connectivity index (χ4v) is 4.03. The molecule has 30 heavy (non-hydrogen) atoms. The summed E-state index contributed by atoms with van der Waals surface area (Å²) in [6.45, 7) is 7.91. The first-order valence-electron chi connectivity index (χ1n) is 10.6. The molecule has 0 bridgehead atoms. The summed E-state index contributed by atoms with van der Waals surface area (Å²) < 4.78 is 3.98. The van der Waals surface area contributed by atoms with Crippen LogP contribution in [0.5, 0.6) is 0 Å². The summed E-state index contributed by atoms with van der Waals surface area (Å²) in [7, 11) is 1.82. The van der Waals surface area contributed by atoms with E-state index in [2.05, 4.69) is 46.2 Å². The first kappa shape index (κ1) is 19.1. The van der Waals surface area contributed by atoms with Crippen molar-refractivity contribution >= 4 is 23.2 Å². The molecule has 1 aliphatic carbocycles. The second kappa shape index (κ2) is 7.10. The van der Waals surface area contributed by atoms with Crippen molar-refractivity contribution in [2.24, 2.45) is 4.99 Å². The van der Waals surface area contributed by atoms with Crippen molar-refractivity contribution in [3.05, 3.63) is 18.0 Å². The van der Waals surface area contributed by atoms with Gasteiger partial charge in [0.2, 0.25) is 0 Å². The number of imidazole rings is 1. The highest BCUT2D eigenvalue weighted by molar-refractivity contribution is 5.86. The molecule has 1 saturated carbocycles. The molecule has 10 heteroatoms. The van der Waals surface area contributed by atoms with Crippen LogP contribution >= 0.6 is 0 Å². The molecule has 5 rings (SSSR count). The predicted molar refractivity (Wildman–Crippen MR) is 114 cm³/mol. The molecule has 10 nitrogen and oxygen atoms in total. The Balaban J connectivity index is 1.61. The molecule has 3 aromatic rings. The van der Waals surface area contributed by atoms with Crippen molar-refractivity contribution in [2.45, 2.75) is 70.5 Å². The van der Waals surface area contributed by atoms with Crippen LogP contribution in [0.1, 0.15) is 64.1 Å². The Labute approximate surface area is 175 Å². The van der Waals surface area contributed by atoms with Crippen LogP contribution in [-0.4, -0.2) is 65.6 Å². The van der Waals surface area contributed by atoms with E-state index >= 15 is 0 Å². The van der Waals surface area contributed by atoms with Crippen LogP contribution in [0, 0.1) is 0 Å². The molecule has 1 saturated heterocycles. The molecule has 0 radical (unpaired) electrons. The fraction of sp³-hybridized carbons (Fsp3) is 0.650. The van der Waals surface area contributed by atoms with Gasteiger partial charge in [0.05, 0.1) is 25.0 Å². The van der Waals surface area contributed by atoms with E-state index in [1.165, 1.54) is 0 Å². The Bertz CT molecular complexity index is 1080. The molecule has 158 valence electrons. The molecule has 0 N–H and O–H groups in total. The third-order valence-corrected chi connectivity index (χ3v) is 5.77. The Morgan fingerprint density at radius 2 is 2.03 bits per heavy atom. The van der Waals surface area contributed by atoms with Crippen molar-refractivity contribution in [3.63, 3.8) is 0 Å². The van der Waals surface area contributed by atoms with Gasteiger partial charge in [0, 0.05) is 25.2 Å². The van der Waals surface area contributed by atoms with Gasteiger partial charge in [0.15, 0.2) is 22.8 Å². The summed E-state index contributed by atoms with van der Waals surface area (Å²) >= 11 is 0. The first-order valence-corrected chi connectivity index (χ1v) is 10.6. The maximum atomic E-state index is 4.98. The van der Waals surface area contributed by atoms with Crippen molar-refractivity contribution in [2.75, 3.05) is 18.5 Å². The second-order valence-electron chi connectivity index (χ2n) is 9.25. The monoisotopic (exact) mass is 408 g/mol. The van der Waals surface area contributed by atoms with Gasteiger partial charge in [0.1, 0.15) is 5.82 Å². The highest BCUT2D eigenvalue weighted by Crippen LogP contribution is 2.35. The van der Waals surface area contributed by atoms with Crippen molar-refractivity contribution in [1.82, 2.24) is 39.7 Å². The fourth-order valence-electron chi connectivity index (χ4n) is 4.03. The van der Waals surface area contributed by atoms with Crippen molar-refractivity contribution in [3.8, 4) is 0 Å². The molecular weight excluding hydrogens is 380 g/mol. The second-order valence-corrected chi connectivity index (χ2v) is 9.25. The van der Waals surface area contributed by atoms with Crippen LogP contribution in [-0.2, 0) is 12.0 Å². The molecule has 1 atom stereocenters. The van der Waals surface area contributed by atoms with E-state index < -0.39 is 0 Å². The lowest BCUT2D eigenvalue weighted by atomic mass is 9.95. The van der Waals surface area contributed by atoms with E-state index in [4.69, 9.17) is 15.0 Å². The van der Waals surface area contributed by atoms with Gasteiger partial charge in [-0.15, -0.1) is 5.10 Å². The minimum Gasteiger partial charge on any atom is -0.347 e. The molecule has 1 aliphatic heterocycles. The average Bonchev–Trinajstić information content (AvgIpc) is 3.10. The van der Waals surface area contributed by atoms with E-state index in [-0.39, 0.29) is 11.5 Å². The molecule has 4 heterocycles. The van der Waals surface area contributed by atoms with Gasteiger partial charge in [-0.1, -0.05) is 20.8 Å². The minimum atomic E-state index is -0.179. The summed E-state index contributed by atoms with van der Waals surface area (Å²) in [6, 6.07) is 0.673. The lowest BCUT2D eigenvalue weighted by molar-refractivity contribution is 0.544. The average molecular weight is 409 g/mol. The van der Waals surface area contributed by atoms with Gasteiger partial charge in [0.25, 0.3) is 0 Å². The topological polar surface area (TPSA) is 103 Å². The van der Waals surface area contributed by atoms with E-state index in [0.717, 1.165) is 60.9 Å². The summed E-state index contributed by atoms with van der Waals surface area (Å²) in [4.78, 5) is 21.2. The summed E-state index contributed by atoms with van der Waals surface area (Å²) in [5, 5.41) is 12.3. The molecule has 0 spiro atoms. The molecule has 0 unspecified atom stereocenters. The van der Waals surface area contributed by atoms with Crippen LogP contribution in [0.15, 0.2) is 11.3 Å². The normalized spacial score (nSPS) is 20.1. The highest BCUT2D eigenvalue weighted by atomic mass is 15.6. The standard InChI is InChI=1S/C20H28N10/c1-20(2,3)19-23-17-16(18(24-19)29-9-5-6-14(29)10-21-4)22-12-28(17)11-15-25-26-27-30(15)13-7-8-13/h10,12-14H,5-9,11H2,1-4H3/b21-10-/t14-/m1/s1. The number of aromatic nitrogens is 8. The maximum Gasteiger partial charge on any atom is 0.171 e. The van der Waals surface area contributed by atoms with Crippen LogP contribution < -0.4 is 4.90 Å². The van der Waals surface area contributed by atoms with Crippen LogP contribution in [0.3, 0.4) is 0 Å². The number of hydrogen-bond donors (Lipinski definition) is 0. The summed E-state index contributed by atoms with van der Waals surface area (Å²) in [5.74, 6) is 2.55. The SMILES string of the molecule is C/N=C\[C@H]1CCCN1c1nc(C(C)(C)C)nc2c1ncn2Cc1nnnn1C1CC1. The highest BCUT2D eigenvalue weighted by Gasteiger charge is 2.31. The number of nitrogens with zero attached hydrogens (tertiary/aromatic N) is 10. The van der Waals surface area contributed by atoms with Gasteiger partial charge in [-0.3, -0.25) is 4.99 Å². The Hall–Kier alpha value is -2.91. The number of anilines is 1. The van der Waals surface area contributed by atoms with E-state index in [1.54, 1.807) is 0 Å². The molecule has 0 amide bonds.